The lowest BCUT2D eigenvalue weighted by atomic mass is 9.82. The maximum atomic E-state index is 14.2. The van der Waals surface area contributed by atoms with Crippen LogP contribution in [0.25, 0.3) is 11.1 Å². The number of nitrogens with zero attached hydrogens (tertiary/aromatic N) is 2. The Morgan fingerprint density at radius 2 is 1.89 bits per heavy atom. The molecule has 0 spiro atoms. The van der Waals surface area contributed by atoms with Crippen LogP contribution in [0, 0.1) is 11.2 Å². The van der Waals surface area contributed by atoms with Crippen LogP contribution in [0.5, 0.6) is 0 Å². The third-order valence-corrected chi connectivity index (χ3v) is 6.14. The number of aliphatic carboxylic acids is 1. The summed E-state index contributed by atoms with van der Waals surface area (Å²) in [6.45, 7) is -1.48. The van der Waals surface area contributed by atoms with Crippen LogP contribution in [0.1, 0.15) is 31.2 Å². The van der Waals surface area contributed by atoms with E-state index in [1.54, 1.807) is 24.3 Å². The van der Waals surface area contributed by atoms with Gasteiger partial charge < -0.3 is 16.2 Å². The number of carboxylic acids is 1. The fourth-order valence-corrected chi connectivity index (χ4v) is 4.00. The molecule has 0 aliphatic carbocycles. The Balaban J connectivity index is 1.78. The number of carboxylic acid groups (broad SMARTS) is 1. The number of aromatic nitrogens is 2. The van der Waals surface area contributed by atoms with Crippen molar-refractivity contribution in [3.05, 3.63) is 76.8 Å². The van der Waals surface area contributed by atoms with E-state index >= 15 is 0 Å². The van der Waals surface area contributed by atoms with E-state index in [0.29, 0.717) is 20.8 Å². The minimum Gasteiger partial charge on any atom is -0.481 e. The Labute approximate surface area is 211 Å². The molecule has 1 amide bonds. The molecule has 0 radical (unpaired) electrons. The monoisotopic (exact) mass is 522 g/mol. The maximum Gasteiger partial charge on any atom is 0.333 e. The second kappa shape index (κ2) is 11.6. The second-order valence-corrected chi connectivity index (χ2v) is 9.24. The first-order valence-corrected chi connectivity index (χ1v) is 11.5. The van der Waals surface area contributed by atoms with E-state index in [-0.39, 0.29) is 31.5 Å². The van der Waals surface area contributed by atoms with E-state index in [4.69, 9.17) is 17.3 Å². The molecule has 3 aromatic rings. The lowest BCUT2D eigenvalue weighted by Gasteiger charge is -2.29. The summed E-state index contributed by atoms with van der Waals surface area (Å²) in [4.78, 5) is 24.5. The number of carbonyl (C=O) groups excluding carboxylic acids is 1. The molecule has 3 rings (SSSR count). The zero-order valence-corrected chi connectivity index (χ0v) is 20.2. The van der Waals surface area contributed by atoms with Gasteiger partial charge in [-0.3, -0.25) is 9.59 Å². The molecule has 0 bridgehead atoms. The van der Waals surface area contributed by atoms with Gasteiger partial charge in [-0.2, -0.15) is 13.9 Å². The molecule has 0 aliphatic heterocycles. The number of nitrogens with two attached hydrogens (primary N) is 1. The SMILES string of the molecule is C[C@@](CN)(C[C@@H](Cc1ccc(-c2cc(Cl)ccc2F)cc1)NC(=O)Cc1ccn(C(F)F)n1)C(=O)O. The molecular weight excluding hydrogens is 497 g/mol. The van der Waals surface area contributed by atoms with Gasteiger partial charge >= 0.3 is 12.5 Å². The molecule has 11 heteroatoms. The summed E-state index contributed by atoms with van der Waals surface area (Å²) in [7, 11) is 0. The molecule has 192 valence electrons. The molecule has 0 fully saturated rings. The van der Waals surface area contributed by atoms with Crippen molar-refractivity contribution in [1.29, 1.82) is 0 Å². The van der Waals surface area contributed by atoms with Gasteiger partial charge in [-0.15, -0.1) is 0 Å². The molecule has 0 saturated carbocycles. The summed E-state index contributed by atoms with van der Waals surface area (Å²) in [5.41, 5.74) is 6.27. The van der Waals surface area contributed by atoms with Gasteiger partial charge in [-0.25, -0.2) is 9.07 Å². The average Bonchev–Trinajstić information content (AvgIpc) is 3.29. The normalized spacial score (nSPS) is 13.9. The zero-order chi connectivity index (χ0) is 26.5. The van der Waals surface area contributed by atoms with Crippen LogP contribution in [-0.4, -0.2) is 39.4 Å². The summed E-state index contributed by atoms with van der Waals surface area (Å²) < 4.78 is 40.2. The summed E-state index contributed by atoms with van der Waals surface area (Å²) in [5.74, 6) is -2.03. The van der Waals surface area contributed by atoms with Crippen molar-refractivity contribution in [1.82, 2.24) is 15.1 Å². The number of hydrogen-bond donors (Lipinski definition) is 3. The van der Waals surface area contributed by atoms with Crippen molar-refractivity contribution in [2.24, 2.45) is 11.1 Å². The van der Waals surface area contributed by atoms with Crippen LogP contribution < -0.4 is 11.1 Å². The minimum absolute atomic E-state index is 0.0285. The predicted molar refractivity (Wildman–Crippen MR) is 129 cm³/mol. The molecule has 2 aromatic carbocycles. The van der Waals surface area contributed by atoms with Crippen LogP contribution in [0.4, 0.5) is 13.2 Å². The molecular formula is C25H26ClF3N4O3. The summed E-state index contributed by atoms with van der Waals surface area (Å²) in [5, 5.41) is 16.5. The first-order valence-electron chi connectivity index (χ1n) is 11.1. The van der Waals surface area contributed by atoms with Crippen LogP contribution in [-0.2, 0) is 22.4 Å². The third-order valence-electron chi connectivity index (χ3n) is 5.91. The van der Waals surface area contributed by atoms with Gasteiger partial charge in [0.05, 0.1) is 17.5 Å². The highest BCUT2D eigenvalue weighted by atomic mass is 35.5. The number of carbonyl (C=O) groups is 2. The van der Waals surface area contributed by atoms with Gasteiger partial charge in [0.1, 0.15) is 5.82 Å². The fourth-order valence-electron chi connectivity index (χ4n) is 3.82. The molecule has 2 atom stereocenters. The Kier molecular flexibility index (Phi) is 8.75. The number of benzene rings is 2. The fraction of sp³-hybridized carbons (Fsp3) is 0.320. The molecule has 4 N–H and O–H groups in total. The van der Waals surface area contributed by atoms with Crippen LogP contribution in [0.3, 0.4) is 0 Å². The van der Waals surface area contributed by atoms with E-state index in [1.165, 1.54) is 31.2 Å². The highest BCUT2D eigenvalue weighted by Gasteiger charge is 2.35. The van der Waals surface area contributed by atoms with Crippen LogP contribution >= 0.6 is 11.6 Å². The number of rotatable bonds is 11. The van der Waals surface area contributed by atoms with Crippen molar-refractivity contribution in [2.45, 2.75) is 38.8 Å². The first-order chi connectivity index (χ1) is 17.0. The quantitative estimate of drug-likeness (QED) is 0.345. The van der Waals surface area contributed by atoms with Gasteiger partial charge in [-0.05, 0) is 55.2 Å². The van der Waals surface area contributed by atoms with E-state index in [0.717, 1.165) is 11.8 Å². The highest BCUT2D eigenvalue weighted by molar-refractivity contribution is 6.30. The minimum atomic E-state index is -2.82. The third kappa shape index (κ3) is 6.86. The van der Waals surface area contributed by atoms with Gasteiger partial charge in [-0.1, -0.05) is 35.9 Å². The van der Waals surface area contributed by atoms with Gasteiger partial charge in [0, 0.05) is 29.4 Å². The second-order valence-electron chi connectivity index (χ2n) is 8.81. The van der Waals surface area contributed by atoms with E-state index in [9.17, 15) is 27.9 Å². The standard InChI is InChI=1S/C25H26ClF3N4O3/c1-25(14-30,23(35)36)13-19(31-22(34)12-18-8-9-33(32-18)24(28)29)10-15-2-4-16(5-3-15)20-11-17(26)6-7-21(20)27/h2-9,11,19,24H,10,12-14,30H2,1H3,(H,31,34)(H,35,36)/t19-,25+/m1/s1. The predicted octanol–water partition coefficient (Wildman–Crippen LogP) is 4.45. The average molecular weight is 523 g/mol. The molecule has 0 aliphatic rings. The van der Waals surface area contributed by atoms with E-state index in [2.05, 4.69) is 10.4 Å². The van der Waals surface area contributed by atoms with E-state index < -0.39 is 35.7 Å². The Bertz CT molecular complexity index is 1220. The summed E-state index contributed by atoms with van der Waals surface area (Å²) >= 11 is 5.98. The maximum absolute atomic E-state index is 14.2. The molecule has 7 nitrogen and oxygen atoms in total. The molecule has 36 heavy (non-hydrogen) atoms. The number of alkyl halides is 2. The Morgan fingerprint density at radius 3 is 2.47 bits per heavy atom. The topological polar surface area (TPSA) is 110 Å². The van der Waals surface area contributed by atoms with Crippen molar-refractivity contribution < 1.29 is 27.9 Å². The number of halogens is 4. The Hall–Kier alpha value is -3.37. The number of amides is 1. The van der Waals surface area contributed by atoms with Crippen molar-refractivity contribution in [2.75, 3.05) is 6.54 Å². The summed E-state index contributed by atoms with van der Waals surface area (Å²) in [6, 6.07) is 11.9. The highest BCUT2D eigenvalue weighted by Crippen LogP contribution is 2.28. The van der Waals surface area contributed by atoms with Gasteiger partial charge in [0.25, 0.3) is 0 Å². The smallest absolute Gasteiger partial charge is 0.333 e. The molecule has 0 saturated heterocycles. The lowest BCUT2D eigenvalue weighted by Crippen LogP contribution is -2.46. The first kappa shape index (κ1) is 27.2. The number of nitrogens with one attached hydrogen (secondary N) is 1. The van der Waals surface area contributed by atoms with Crippen LogP contribution in [0.2, 0.25) is 5.02 Å². The molecule has 1 heterocycles. The van der Waals surface area contributed by atoms with Gasteiger partial charge in [0.2, 0.25) is 5.91 Å². The summed E-state index contributed by atoms with van der Waals surface area (Å²) in [6.07, 6.45) is 1.11. The van der Waals surface area contributed by atoms with Gasteiger partial charge in [0.15, 0.2) is 0 Å². The number of hydrogen-bond acceptors (Lipinski definition) is 4. The van der Waals surface area contributed by atoms with E-state index in [1.807, 2.05) is 0 Å². The lowest BCUT2D eigenvalue weighted by molar-refractivity contribution is -0.148. The van der Waals surface area contributed by atoms with Crippen molar-refractivity contribution >= 4 is 23.5 Å². The van der Waals surface area contributed by atoms with Crippen molar-refractivity contribution in [3.8, 4) is 11.1 Å². The van der Waals surface area contributed by atoms with Crippen molar-refractivity contribution in [3.63, 3.8) is 0 Å². The molecule has 1 aromatic heterocycles. The largest absolute Gasteiger partial charge is 0.481 e. The van der Waals surface area contributed by atoms with Crippen LogP contribution in [0.15, 0.2) is 54.7 Å². The zero-order valence-electron chi connectivity index (χ0n) is 19.4. The molecule has 0 unspecified atom stereocenters. The Morgan fingerprint density at radius 1 is 1.19 bits per heavy atom.